The summed E-state index contributed by atoms with van der Waals surface area (Å²) in [6, 6.07) is 1.95. The van der Waals surface area contributed by atoms with E-state index in [0.29, 0.717) is 5.75 Å². The van der Waals surface area contributed by atoms with Gasteiger partial charge in [0, 0.05) is 13.0 Å². The van der Waals surface area contributed by atoms with Crippen molar-refractivity contribution in [3.63, 3.8) is 0 Å². The highest BCUT2D eigenvalue weighted by molar-refractivity contribution is 8.32. The fourth-order valence-corrected chi connectivity index (χ4v) is 4.81. The molecular weight excluding hydrogens is 301 g/mol. The van der Waals surface area contributed by atoms with Crippen molar-refractivity contribution < 1.29 is 13.5 Å². The molecule has 2 unspecified atom stereocenters. The molecule has 0 aromatic carbocycles. The molecule has 1 aromatic rings. The van der Waals surface area contributed by atoms with Gasteiger partial charge in [-0.3, -0.25) is 0 Å². The first kappa shape index (κ1) is 16.2. The largest absolute Gasteiger partial charge is 0.356 e. The van der Waals surface area contributed by atoms with Crippen LogP contribution in [0, 0.1) is 0 Å². The van der Waals surface area contributed by atoms with Crippen LogP contribution < -0.4 is 0 Å². The van der Waals surface area contributed by atoms with E-state index >= 15 is 0 Å². The van der Waals surface area contributed by atoms with Crippen molar-refractivity contribution in [2.45, 2.75) is 42.6 Å². The minimum Gasteiger partial charge on any atom is -0.356 e. The van der Waals surface area contributed by atoms with E-state index in [1.165, 1.54) is 0 Å². The average molecular weight is 324 g/mol. The Morgan fingerprint density at radius 1 is 1.50 bits per heavy atom. The molecule has 2 rings (SSSR count). The predicted octanol–water partition coefficient (Wildman–Crippen LogP) is 3.86. The van der Waals surface area contributed by atoms with Gasteiger partial charge in [0.05, 0.1) is 11.2 Å². The van der Waals surface area contributed by atoms with Crippen LogP contribution in [0.4, 0.5) is 8.78 Å². The molecule has 116 valence electrons. The van der Waals surface area contributed by atoms with Gasteiger partial charge in [-0.2, -0.15) is 5.10 Å². The highest BCUT2D eigenvalue weighted by atomic mass is 32.3. The maximum atomic E-state index is 13.1. The first-order chi connectivity index (χ1) is 9.30. The van der Waals surface area contributed by atoms with Crippen LogP contribution in [0.15, 0.2) is 17.3 Å². The van der Waals surface area contributed by atoms with Gasteiger partial charge in [-0.25, -0.2) is 23.5 Å². The molecule has 1 aliphatic heterocycles. The zero-order chi connectivity index (χ0) is 14.8. The van der Waals surface area contributed by atoms with E-state index in [9.17, 15) is 8.78 Å². The van der Waals surface area contributed by atoms with Crippen LogP contribution >= 0.6 is 19.3 Å². The van der Waals surface area contributed by atoms with Crippen LogP contribution in [0.5, 0.6) is 0 Å². The summed E-state index contributed by atoms with van der Waals surface area (Å²) in [5, 5.41) is 5.42. The van der Waals surface area contributed by atoms with Gasteiger partial charge in [0.1, 0.15) is 0 Å². The molecule has 0 N–H and O–H groups in total. The summed E-state index contributed by atoms with van der Waals surface area (Å²) in [5.41, 5.74) is -2.68. The van der Waals surface area contributed by atoms with Gasteiger partial charge in [-0.1, -0.05) is 9.24 Å². The van der Waals surface area contributed by atoms with Crippen LogP contribution in [0.3, 0.4) is 0 Å². The lowest BCUT2D eigenvalue weighted by Crippen LogP contribution is -2.22. The van der Waals surface area contributed by atoms with Crippen molar-refractivity contribution in [3.05, 3.63) is 12.3 Å². The second kappa shape index (κ2) is 6.29. The molecule has 0 aliphatic carbocycles. The number of hydrogen-bond donors (Lipinski definition) is 0. The van der Waals surface area contributed by atoms with E-state index in [1.807, 2.05) is 10.7 Å². The van der Waals surface area contributed by atoms with Crippen molar-refractivity contribution in [1.29, 1.82) is 0 Å². The van der Waals surface area contributed by atoms with Crippen molar-refractivity contribution in [3.8, 4) is 0 Å². The van der Waals surface area contributed by atoms with Crippen LogP contribution in [-0.2, 0) is 4.74 Å². The summed E-state index contributed by atoms with van der Waals surface area (Å²) >= 11 is 0. The van der Waals surface area contributed by atoms with Crippen LogP contribution in [0.1, 0.15) is 31.9 Å². The van der Waals surface area contributed by atoms with Gasteiger partial charge in [0.15, 0.2) is 6.23 Å². The van der Waals surface area contributed by atoms with Crippen molar-refractivity contribution in [1.82, 2.24) is 9.78 Å². The molecule has 2 atom stereocenters. The van der Waals surface area contributed by atoms with Gasteiger partial charge < -0.3 is 4.74 Å². The summed E-state index contributed by atoms with van der Waals surface area (Å²) in [7, 11) is 0.324. The average Bonchev–Trinajstić information content (AvgIpc) is 2.87. The Morgan fingerprint density at radius 3 is 2.85 bits per heavy atom. The van der Waals surface area contributed by atoms with Gasteiger partial charge in [0.2, 0.25) is 0 Å². The lowest BCUT2D eigenvalue weighted by molar-refractivity contribution is -0.0447. The number of nitrogens with zero attached hydrogens (tertiary/aromatic N) is 2. The van der Waals surface area contributed by atoms with Gasteiger partial charge in [0.25, 0.3) is 5.66 Å². The summed E-state index contributed by atoms with van der Waals surface area (Å²) in [6.07, 6.45) is 8.91. The number of ether oxygens (including phenoxy) is 1. The fraction of sp³-hybridized carbons (Fsp3) is 0.769. The Kier molecular flexibility index (Phi) is 5.09. The van der Waals surface area contributed by atoms with Crippen LogP contribution in [-0.4, -0.2) is 40.3 Å². The van der Waals surface area contributed by atoms with E-state index in [4.69, 9.17) is 4.74 Å². The lowest BCUT2D eigenvalue weighted by atomic mass is 10.2. The molecule has 7 heteroatoms. The second-order valence-electron chi connectivity index (χ2n) is 5.69. The molecule has 20 heavy (non-hydrogen) atoms. The van der Waals surface area contributed by atoms with E-state index in [2.05, 4.69) is 17.6 Å². The van der Waals surface area contributed by atoms with E-state index < -0.39 is 15.7 Å². The minimum atomic E-state index is -2.68. The molecule has 0 saturated carbocycles. The number of alkyl halides is 2. The van der Waals surface area contributed by atoms with Gasteiger partial charge >= 0.3 is 0 Å². The molecule has 1 fully saturated rings. The zero-order valence-corrected chi connectivity index (χ0v) is 14.0. The van der Waals surface area contributed by atoms with Crippen molar-refractivity contribution >= 4 is 19.3 Å². The molecule has 1 aliphatic rings. The Labute approximate surface area is 123 Å². The first-order valence-corrected chi connectivity index (χ1v) is 10.0. The smallest absolute Gasteiger partial charge is 0.259 e. The van der Waals surface area contributed by atoms with Crippen LogP contribution in [0.2, 0.25) is 0 Å². The quantitative estimate of drug-likeness (QED) is 0.769. The third kappa shape index (κ3) is 4.15. The summed E-state index contributed by atoms with van der Waals surface area (Å²) in [6.45, 7) is 0.753. The summed E-state index contributed by atoms with van der Waals surface area (Å²) in [4.78, 5) is 0. The molecule has 0 amide bonds. The van der Waals surface area contributed by atoms with Gasteiger partial charge in [-0.05, 0) is 43.6 Å². The Morgan fingerprint density at radius 2 is 2.25 bits per heavy atom. The first-order valence-electron chi connectivity index (χ1n) is 6.82. The third-order valence-electron chi connectivity index (χ3n) is 3.57. The number of halogens is 2. The molecule has 3 nitrogen and oxygen atoms in total. The monoisotopic (exact) mass is 324 g/mol. The Bertz CT molecular complexity index is 442. The summed E-state index contributed by atoms with van der Waals surface area (Å²) in [5.74, 6) is 0.488. The number of hydrogen-bond acceptors (Lipinski definition) is 2. The Balaban J connectivity index is 2.13. The van der Waals surface area contributed by atoms with E-state index in [-0.39, 0.29) is 12.6 Å². The molecule has 1 aromatic heterocycles. The van der Waals surface area contributed by atoms with Gasteiger partial charge in [-0.15, -0.1) is 0 Å². The molecule has 2 heterocycles. The third-order valence-corrected chi connectivity index (χ3v) is 6.54. The Hall–Kier alpha value is -0.190. The normalized spacial score (nSPS) is 21.9. The second-order valence-corrected chi connectivity index (χ2v) is 10.4. The zero-order valence-electron chi connectivity index (χ0n) is 12.0. The minimum absolute atomic E-state index is 0.0305. The number of rotatable bonds is 5. The highest BCUT2D eigenvalue weighted by Gasteiger charge is 2.29. The molecule has 0 spiro atoms. The van der Waals surface area contributed by atoms with Crippen molar-refractivity contribution in [2.24, 2.45) is 0 Å². The lowest BCUT2D eigenvalue weighted by Gasteiger charge is -2.35. The molecule has 0 radical (unpaired) electrons. The molecule has 1 saturated heterocycles. The highest BCUT2D eigenvalue weighted by Crippen LogP contribution is 2.52. The van der Waals surface area contributed by atoms with E-state index in [1.54, 1.807) is 15.4 Å². The maximum absolute atomic E-state index is 13.1. The standard InChI is InChI=1S/C13H23F2N2OPS/c1-20(2,10-7-13(14,15)19)12-6-8-16-17(12)11-5-3-4-9-18-11/h6,8,11H,3-5,7,9-10,19H2,1-2H3. The topological polar surface area (TPSA) is 27.1 Å². The summed E-state index contributed by atoms with van der Waals surface area (Å²) < 4.78 is 33.8. The number of aromatic nitrogens is 2. The molecular formula is C13H23F2N2OPS. The maximum Gasteiger partial charge on any atom is 0.259 e. The van der Waals surface area contributed by atoms with Crippen LogP contribution in [0.25, 0.3) is 0 Å². The molecule has 0 bridgehead atoms. The predicted molar refractivity (Wildman–Crippen MR) is 82.9 cm³/mol. The fourth-order valence-electron chi connectivity index (χ4n) is 2.37. The van der Waals surface area contributed by atoms with Crippen molar-refractivity contribution in [2.75, 3.05) is 24.9 Å². The SMILES string of the molecule is CS(C)(CCC(F)(F)P)c1ccnn1C1CCCCO1. The van der Waals surface area contributed by atoms with E-state index in [0.717, 1.165) is 30.9 Å².